The number of rotatable bonds is 2. The van der Waals surface area contributed by atoms with Crippen molar-refractivity contribution < 1.29 is 15.0 Å². The number of aromatic nitrogens is 3. The van der Waals surface area contributed by atoms with Gasteiger partial charge >= 0.3 is 5.97 Å². The van der Waals surface area contributed by atoms with E-state index in [0.717, 1.165) is 0 Å². The second-order valence-corrected chi connectivity index (χ2v) is 2.93. The van der Waals surface area contributed by atoms with Crippen LogP contribution in [0.2, 0.25) is 0 Å². The lowest BCUT2D eigenvalue weighted by Gasteiger charge is -2.05. The third-order valence-corrected chi connectivity index (χ3v) is 1.95. The fraction of sp³-hybridized carbons (Fsp3) is 0. The largest absolute Gasteiger partial charge is 0.493 e. The molecule has 0 saturated heterocycles. The van der Waals surface area contributed by atoms with E-state index < -0.39 is 11.8 Å². The van der Waals surface area contributed by atoms with E-state index in [-0.39, 0.29) is 17.0 Å². The molecule has 16 heavy (non-hydrogen) atoms. The maximum atomic E-state index is 11.0. The third kappa shape index (κ3) is 1.68. The van der Waals surface area contributed by atoms with E-state index in [1.807, 2.05) is 0 Å². The predicted octanol–water partition coefficient (Wildman–Crippen LogP) is 0.942. The van der Waals surface area contributed by atoms with Gasteiger partial charge in [-0.3, -0.25) is 0 Å². The number of carboxylic acids is 1. The molecule has 0 atom stereocenters. The van der Waals surface area contributed by atoms with Gasteiger partial charge in [0.05, 0.1) is 11.1 Å². The molecule has 0 radical (unpaired) electrons. The summed E-state index contributed by atoms with van der Waals surface area (Å²) in [5, 5.41) is 18.5. The van der Waals surface area contributed by atoms with Gasteiger partial charge in [0.2, 0.25) is 5.88 Å². The Hall–Kier alpha value is -2.50. The third-order valence-electron chi connectivity index (χ3n) is 1.95. The zero-order valence-electron chi connectivity index (χ0n) is 8.03. The molecular formula is C10H7N3O3. The number of nitrogens with zero attached hydrogens (tertiary/aromatic N) is 3. The summed E-state index contributed by atoms with van der Waals surface area (Å²) in [5.74, 6) is -1.43. The van der Waals surface area contributed by atoms with Crippen LogP contribution in [0.5, 0.6) is 5.88 Å². The summed E-state index contributed by atoms with van der Waals surface area (Å²) in [6, 6.07) is 2.88. The molecule has 2 aromatic rings. The summed E-state index contributed by atoms with van der Waals surface area (Å²) in [6.45, 7) is 0. The van der Waals surface area contributed by atoms with Crippen LogP contribution >= 0.6 is 0 Å². The van der Waals surface area contributed by atoms with E-state index in [4.69, 9.17) is 5.11 Å². The van der Waals surface area contributed by atoms with Gasteiger partial charge in [-0.25, -0.2) is 19.7 Å². The summed E-state index contributed by atoms with van der Waals surface area (Å²) >= 11 is 0. The molecule has 0 bridgehead atoms. The van der Waals surface area contributed by atoms with Crippen LogP contribution in [0.25, 0.3) is 11.4 Å². The molecule has 2 rings (SSSR count). The van der Waals surface area contributed by atoms with Crippen LogP contribution in [0.4, 0.5) is 0 Å². The summed E-state index contributed by atoms with van der Waals surface area (Å²) in [5.41, 5.74) is -0.0608. The fourth-order valence-electron chi connectivity index (χ4n) is 1.28. The van der Waals surface area contributed by atoms with Crippen LogP contribution in [-0.4, -0.2) is 31.1 Å². The monoisotopic (exact) mass is 217 g/mol. The van der Waals surface area contributed by atoms with Crippen LogP contribution < -0.4 is 0 Å². The SMILES string of the molecule is O=C(O)c1ccnc(O)c1-c1ncccn1. The average molecular weight is 217 g/mol. The van der Waals surface area contributed by atoms with E-state index >= 15 is 0 Å². The van der Waals surface area contributed by atoms with Gasteiger partial charge in [0, 0.05) is 18.6 Å². The molecule has 0 amide bonds. The minimum absolute atomic E-state index is 0.0237. The number of aromatic carboxylic acids is 1. The zero-order valence-corrected chi connectivity index (χ0v) is 8.03. The van der Waals surface area contributed by atoms with Crippen molar-refractivity contribution in [3.63, 3.8) is 0 Å². The Morgan fingerprint density at radius 3 is 2.44 bits per heavy atom. The van der Waals surface area contributed by atoms with Crippen LogP contribution in [0, 0.1) is 0 Å². The number of pyridine rings is 1. The quantitative estimate of drug-likeness (QED) is 0.777. The maximum Gasteiger partial charge on any atom is 0.336 e. The molecule has 0 saturated carbocycles. The first-order chi connectivity index (χ1) is 7.70. The maximum absolute atomic E-state index is 11.0. The molecule has 6 heteroatoms. The van der Waals surface area contributed by atoms with Gasteiger partial charge in [-0.15, -0.1) is 0 Å². The zero-order chi connectivity index (χ0) is 11.5. The van der Waals surface area contributed by atoms with Crippen LogP contribution in [0.1, 0.15) is 10.4 Å². The van der Waals surface area contributed by atoms with Crippen molar-refractivity contribution in [1.29, 1.82) is 0 Å². The van der Waals surface area contributed by atoms with Gasteiger partial charge in [0.25, 0.3) is 0 Å². The molecule has 0 spiro atoms. The summed E-state index contributed by atoms with van der Waals surface area (Å²) in [6.07, 6.45) is 4.13. The van der Waals surface area contributed by atoms with Crippen LogP contribution in [0.15, 0.2) is 30.7 Å². The molecule has 2 aromatic heterocycles. The number of carbonyl (C=O) groups is 1. The molecular weight excluding hydrogens is 210 g/mol. The van der Waals surface area contributed by atoms with E-state index in [0.29, 0.717) is 0 Å². The highest BCUT2D eigenvalue weighted by molar-refractivity contribution is 5.96. The van der Waals surface area contributed by atoms with Crippen molar-refractivity contribution in [2.75, 3.05) is 0 Å². The smallest absolute Gasteiger partial charge is 0.336 e. The predicted molar refractivity (Wildman–Crippen MR) is 53.9 cm³/mol. The Morgan fingerprint density at radius 1 is 1.12 bits per heavy atom. The van der Waals surface area contributed by atoms with Gasteiger partial charge in [-0.2, -0.15) is 0 Å². The second-order valence-electron chi connectivity index (χ2n) is 2.93. The van der Waals surface area contributed by atoms with E-state index in [9.17, 15) is 9.90 Å². The molecule has 0 aliphatic carbocycles. The number of hydrogen-bond acceptors (Lipinski definition) is 5. The van der Waals surface area contributed by atoms with Gasteiger partial charge in [0.1, 0.15) is 0 Å². The van der Waals surface area contributed by atoms with Crippen molar-refractivity contribution in [3.8, 4) is 17.3 Å². The van der Waals surface area contributed by atoms with E-state index in [2.05, 4.69) is 15.0 Å². The van der Waals surface area contributed by atoms with Crippen LogP contribution in [-0.2, 0) is 0 Å². The number of carboxylic acid groups (broad SMARTS) is 1. The molecule has 0 aromatic carbocycles. The first-order valence-electron chi connectivity index (χ1n) is 4.39. The fourth-order valence-corrected chi connectivity index (χ4v) is 1.28. The van der Waals surface area contributed by atoms with Crippen molar-refractivity contribution in [2.24, 2.45) is 0 Å². The molecule has 0 aliphatic heterocycles. The highest BCUT2D eigenvalue weighted by Crippen LogP contribution is 2.27. The Bertz CT molecular complexity index is 528. The van der Waals surface area contributed by atoms with Crippen molar-refractivity contribution >= 4 is 5.97 Å². The van der Waals surface area contributed by atoms with Crippen molar-refractivity contribution in [3.05, 3.63) is 36.3 Å². The summed E-state index contributed by atoms with van der Waals surface area (Å²) < 4.78 is 0. The molecule has 6 nitrogen and oxygen atoms in total. The molecule has 0 fully saturated rings. The first-order valence-corrected chi connectivity index (χ1v) is 4.39. The minimum Gasteiger partial charge on any atom is -0.493 e. The average Bonchev–Trinajstić information content (AvgIpc) is 2.29. The first kappa shape index (κ1) is 10.0. The number of aromatic hydroxyl groups is 1. The van der Waals surface area contributed by atoms with Gasteiger partial charge in [0.15, 0.2) is 5.82 Å². The standard InChI is InChI=1S/C10H7N3O3/c14-9-7(8-11-3-1-4-12-8)6(10(15)16)2-5-13-9/h1-5H,(H,13,14)(H,15,16). The molecule has 2 heterocycles. The van der Waals surface area contributed by atoms with Crippen LogP contribution in [0.3, 0.4) is 0 Å². The molecule has 2 N–H and O–H groups in total. The van der Waals surface area contributed by atoms with Crippen molar-refractivity contribution in [1.82, 2.24) is 15.0 Å². The number of hydrogen-bond donors (Lipinski definition) is 2. The lowest BCUT2D eigenvalue weighted by atomic mass is 10.1. The lowest BCUT2D eigenvalue weighted by Crippen LogP contribution is -2.02. The lowest BCUT2D eigenvalue weighted by molar-refractivity contribution is 0.0697. The molecule has 0 aliphatic rings. The Balaban J connectivity index is 2.68. The Kier molecular flexibility index (Phi) is 2.47. The highest BCUT2D eigenvalue weighted by atomic mass is 16.4. The molecule has 0 unspecified atom stereocenters. The Morgan fingerprint density at radius 2 is 1.81 bits per heavy atom. The Labute approximate surface area is 90.3 Å². The van der Waals surface area contributed by atoms with E-state index in [1.165, 1.54) is 24.7 Å². The highest BCUT2D eigenvalue weighted by Gasteiger charge is 2.18. The van der Waals surface area contributed by atoms with Gasteiger partial charge in [-0.05, 0) is 12.1 Å². The van der Waals surface area contributed by atoms with Crippen molar-refractivity contribution in [2.45, 2.75) is 0 Å². The summed E-state index contributed by atoms with van der Waals surface area (Å²) in [4.78, 5) is 22.3. The topological polar surface area (TPSA) is 96.2 Å². The van der Waals surface area contributed by atoms with Gasteiger partial charge < -0.3 is 10.2 Å². The summed E-state index contributed by atoms with van der Waals surface area (Å²) in [7, 11) is 0. The van der Waals surface area contributed by atoms with Gasteiger partial charge in [-0.1, -0.05) is 0 Å². The second kappa shape index (κ2) is 3.93. The normalized spacial score (nSPS) is 10.0. The molecule has 80 valence electrons. The minimum atomic E-state index is -1.17. The van der Waals surface area contributed by atoms with E-state index in [1.54, 1.807) is 6.07 Å².